The predicted molar refractivity (Wildman–Crippen MR) is 113 cm³/mol. The molecule has 4 rings (SSSR count). The maximum atomic E-state index is 13.7. The Labute approximate surface area is 184 Å². The highest BCUT2D eigenvalue weighted by Crippen LogP contribution is 2.41. The van der Waals surface area contributed by atoms with Crippen LogP contribution in [0, 0.1) is 0 Å². The van der Waals surface area contributed by atoms with E-state index < -0.39 is 5.41 Å². The molecule has 158 valence electrons. The van der Waals surface area contributed by atoms with Gasteiger partial charge in [-0.3, -0.25) is 14.6 Å². The Morgan fingerprint density at radius 1 is 1.00 bits per heavy atom. The molecule has 0 unspecified atom stereocenters. The summed E-state index contributed by atoms with van der Waals surface area (Å²) in [5.74, 6) is -0.140. The predicted octanol–water partition coefficient (Wildman–Crippen LogP) is 2.82. The molecule has 2 aromatic rings. The van der Waals surface area contributed by atoms with Crippen LogP contribution in [0.15, 0.2) is 36.8 Å². The molecular formula is C21H22Cl2N4O3. The molecule has 0 radical (unpaired) electrons. The third-order valence-electron chi connectivity index (χ3n) is 5.84. The first-order valence-corrected chi connectivity index (χ1v) is 10.6. The van der Waals surface area contributed by atoms with Crippen LogP contribution in [-0.2, 0) is 14.9 Å². The molecule has 0 N–H and O–H groups in total. The van der Waals surface area contributed by atoms with E-state index in [1.807, 2.05) is 11.0 Å². The SMILES string of the molecule is O=C(c1cnccn1)N1CCN(C(=O)C2(c3ccc(Cl)cc3Cl)CCOCC2)CC1. The lowest BCUT2D eigenvalue weighted by molar-refractivity contribution is -0.142. The number of carbonyl (C=O) groups excluding carboxylic acids is 2. The molecule has 2 aliphatic heterocycles. The number of amides is 2. The van der Waals surface area contributed by atoms with Crippen molar-refractivity contribution in [3.63, 3.8) is 0 Å². The number of aromatic nitrogens is 2. The van der Waals surface area contributed by atoms with Gasteiger partial charge in [-0.15, -0.1) is 0 Å². The molecule has 2 fully saturated rings. The third kappa shape index (κ3) is 4.02. The monoisotopic (exact) mass is 448 g/mol. The van der Waals surface area contributed by atoms with E-state index in [4.69, 9.17) is 27.9 Å². The lowest BCUT2D eigenvalue weighted by atomic mass is 9.72. The lowest BCUT2D eigenvalue weighted by Gasteiger charge is -2.43. The fourth-order valence-electron chi connectivity index (χ4n) is 4.18. The average Bonchev–Trinajstić information content (AvgIpc) is 2.79. The Hall–Kier alpha value is -2.22. The number of carbonyl (C=O) groups is 2. The Morgan fingerprint density at radius 3 is 2.33 bits per heavy atom. The van der Waals surface area contributed by atoms with E-state index >= 15 is 0 Å². The maximum absolute atomic E-state index is 13.7. The Kier molecular flexibility index (Phi) is 6.22. The van der Waals surface area contributed by atoms with E-state index in [1.165, 1.54) is 18.6 Å². The minimum atomic E-state index is -0.739. The van der Waals surface area contributed by atoms with Gasteiger partial charge in [0.05, 0.1) is 11.6 Å². The number of benzene rings is 1. The molecule has 2 saturated heterocycles. The van der Waals surface area contributed by atoms with Gasteiger partial charge in [-0.25, -0.2) is 4.98 Å². The summed E-state index contributed by atoms with van der Waals surface area (Å²) in [6.45, 7) is 2.80. The topological polar surface area (TPSA) is 75.6 Å². The summed E-state index contributed by atoms with van der Waals surface area (Å²) in [5, 5.41) is 1.03. The minimum Gasteiger partial charge on any atom is -0.381 e. The van der Waals surface area contributed by atoms with Crippen molar-refractivity contribution in [3.05, 3.63) is 58.1 Å². The fraction of sp³-hybridized carbons (Fsp3) is 0.429. The van der Waals surface area contributed by atoms with Gasteiger partial charge in [0, 0.05) is 61.8 Å². The molecule has 0 aliphatic carbocycles. The highest BCUT2D eigenvalue weighted by Gasteiger charge is 2.46. The summed E-state index contributed by atoms with van der Waals surface area (Å²) in [6.07, 6.45) is 5.61. The van der Waals surface area contributed by atoms with Gasteiger partial charge in [-0.2, -0.15) is 0 Å². The van der Waals surface area contributed by atoms with Gasteiger partial charge >= 0.3 is 0 Å². The minimum absolute atomic E-state index is 0.0293. The van der Waals surface area contributed by atoms with E-state index in [0.717, 1.165) is 5.56 Å². The first-order valence-electron chi connectivity index (χ1n) is 9.89. The fourth-order valence-corrected chi connectivity index (χ4v) is 4.77. The third-order valence-corrected chi connectivity index (χ3v) is 6.39. The molecular weight excluding hydrogens is 427 g/mol. The number of nitrogens with zero attached hydrogens (tertiary/aromatic N) is 4. The van der Waals surface area contributed by atoms with E-state index in [0.29, 0.717) is 68.0 Å². The first kappa shape index (κ1) is 21.0. The van der Waals surface area contributed by atoms with Crippen LogP contribution in [0.4, 0.5) is 0 Å². The number of piperazine rings is 1. The van der Waals surface area contributed by atoms with Crippen molar-refractivity contribution in [1.29, 1.82) is 0 Å². The van der Waals surface area contributed by atoms with Crippen molar-refractivity contribution in [1.82, 2.24) is 19.8 Å². The summed E-state index contributed by atoms with van der Waals surface area (Å²) in [7, 11) is 0. The van der Waals surface area contributed by atoms with Crippen LogP contribution >= 0.6 is 23.2 Å². The highest BCUT2D eigenvalue weighted by atomic mass is 35.5. The van der Waals surface area contributed by atoms with Crippen molar-refractivity contribution >= 4 is 35.0 Å². The highest BCUT2D eigenvalue weighted by molar-refractivity contribution is 6.35. The largest absolute Gasteiger partial charge is 0.381 e. The molecule has 0 spiro atoms. The Morgan fingerprint density at radius 2 is 1.70 bits per heavy atom. The van der Waals surface area contributed by atoms with Crippen LogP contribution in [0.1, 0.15) is 28.9 Å². The van der Waals surface area contributed by atoms with Crippen LogP contribution in [0.25, 0.3) is 0 Å². The summed E-state index contributed by atoms with van der Waals surface area (Å²) < 4.78 is 5.54. The van der Waals surface area contributed by atoms with Crippen molar-refractivity contribution < 1.29 is 14.3 Å². The number of ether oxygens (including phenoxy) is 1. The molecule has 0 atom stereocenters. The summed E-state index contributed by atoms with van der Waals surface area (Å²) in [4.78, 5) is 37.9. The van der Waals surface area contributed by atoms with Gasteiger partial charge in [0.1, 0.15) is 5.69 Å². The van der Waals surface area contributed by atoms with Crippen LogP contribution in [0.2, 0.25) is 10.0 Å². The molecule has 2 amide bonds. The van der Waals surface area contributed by atoms with E-state index in [-0.39, 0.29) is 11.8 Å². The number of halogens is 2. The van der Waals surface area contributed by atoms with Crippen LogP contribution < -0.4 is 0 Å². The van der Waals surface area contributed by atoms with Crippen molar-refractivity contribution in [2.45, 2.75) is 18.3 Å². The second kappa shape index (κ2) is 8.88. The second-order valence-electron chi connectivity index (χ2n) is 7.49. The standard InChI is InChI=1S/C21H22Cl2N4O3/c22-15-1-2-16(17(23)13-15)21(3-11-30-12-4-21)20(29)27-9-7-26(8-10-27)19(28)18-14-24-5-6-25-18/h1-2,5-6,13-14H,3-4,7-12H2. The Balaban J connectivity index is 1.52. The van der Waals surface area contributed by atoms with Crippen LogP contribution in [0.3, 0.4) is 0 Å². The molecule has 30 heavy (non-hydrogen) atoms. The molecule has 2 aliphatic rings. The number of hydrogen-bond acceptors (Lipinski definition) is 5. The van der Waals surface area contributed by atoms with Crippen molar-refractivity contribution in [2.75, 3.05) is 39.4 Å². The van der Waals surface area contributed by atoms with E-state index in [2.05, 4.69) is 9.97 Å². The molecule has 0 saturated carbocycles. The van der Waals surface area contributed by atoms with Crippen molar-refractivity contribution in [2.24, 2.45) is 0 Å². The molecule has 1 aromatic heterocycles. The Bertz CT molecular complexity index is 927. The molecule has 3 heterocycles. The van der Waals surface area contributed by atoms with Gasteiger partial charge in [0.15, 0.2) is 0 Å². The summed E-state index contributed by atoms with van der Waals surface area (Å²) in [6, 6.07) is 5.30. The molecule has 0 bridgehead atoms. The summed E-state index contributed by atoms with van der Waals surface area (Å²) in [5.41, 5.74) is 0.364. The molecule has 1 aromatic carbocycles. The lowest BCUT2D eigenvalue weighted by Crippen LogP contribution is -2.56. The van der Waals surface area contributed by atoms with E-state index in [9.17, 15) is 9.59 Å². The second-order valence-corrected chi connectivity index (χ2v) is 8.34. The van der Waals surface area contributed by atoms with Gasteiger partial charge in [-0.1, -0.05) is 29.3 Å². The van der Waals surface area contributed by atoms with Gasteiger partial charge in [-0.05, 0) is 30.5 Å². The maximum Gasteiger partial charge on any atom is 0.274 e. The number of hydrogen-bond donors (Lipinski definition) is 0. The van der Waals surface area contributed by atoms with Gasteiger partial charge in [0.2, 0.25) is 5.91 Å². The molecule has 9 heteroatoms. The van der Waals surface area contributed by atoms with Gasteiger partial charge in [0.25, 0.3) is 5.91 Å². The van der Waals surface area contributed by atoms with E-state index in [1.54, 1.807) is 17.0 Å². The van der Waals surface area contributed by atoms with Crippen LogP contribution in [0.5, 0.6) is 0 Å². The zero-order chi connectivity index (χ0) is 21.1. The zero-order valence-electron chi connectivity index (χ0n) is 16.4. The van der Waals surface area contributed by atoms with Crippen LogP contribution in [-0.4, -0.2) is 71.0 Å². The van der Waals surface area contributed by atoms with Crippen molar-refractivity contribution in [3.8, 4) is 0 Å². The molecule has 7 nitrogen and oxygen atoms in total. The normalized spacial score (nSPS) is 18.9. The average molecular weight is 449 g/mol. The zero-order valence-corrected chi connectivity index (χ0v) is 17.9. The quantitative estimate of drug-likeness (QED) is 0.721. The first-order chi connectivity index (χ1) is 14.5. The summed E-state index contributed by atoms with van der Waals surface area (Å²) >= 11 is 12.6. The smallest absolute Gasteiger partial charge is 0.274 e. The number of rotatable bonds is 3. The van der Waals surface area contributed by atoms with Gasteiger partial charge < -0.3 is 14.5 Å².